The van der Waals surface area contributed by atoms with Crippen molar-refractivity contribution in [3.63, 3.8) is 0 Å². The van der Waals surface area contributed by atoms with Gasteiger partial charge in [-0.1, -0.05) is 6.92 Å². The van der Waals surface area contributed by atoms with E-state index in [1.807, 2.05) is 13.8 Å². The lowest BCUT2D eigenvalue weighted by atomic mass is 10.0. The summed E-state index contributed by atoms with van der Waals surface area (Å²) in [7, 11) is 3.26. The van der Waals surface area contributed by atoms with Gasteiger partial charge in [0.1, 0.15) is 18.2 Å². The molecule has 0 bridgehead atoms. The Balaban J connectivity index is 1.93. The minimum absolute atomic E-state index is 0.0261. The fraction of sp³-hybridized carbons (Fsp3) is 0.423. The molecule has 2 aromatic carbocycles. The molecule has 0 radical (unpaired) electrons. The quantitative estimate of drug-likeness (QED) is 0.720. The Bertz CT molecular complexity index is 1080. The van der Waals surface area contributed by atoms with Crippen LogP contribution in [0.3, 0.4) is 0 Å². The van der Waals surface area contributed by atoms with E-state index < -0.39 is 11.7 Å². The third kappa shape index (κ3) is 6.36. The van der Waals surface area contributed by atoms with E-state index >= 15 is 0 Å². The fourth-order valence-corrected chi connectivity index (χ4v) is 4.10. The normalized spacial score (nSPS) is 21.3. The number of amides is 3. The van der Waals surface area contributed by atoms with E-state index in [2.05, 4.69) is 5.32 Å². The first-order chi connectivity index (χ1) is 16.6. The summed E-state index contributed by atoms with van der Waals surface area (Å²) in [5.41, 5.74) is 0.952. The maximum atomic E-state index is 13.4. The summed E-state index contributed by atoms with van der Waals surface area (Å²) in [6.07, 6.45) is -0.289. The highest BCUT2D eigenvalue weighted by atomic mass is 19.1. The first kappa shape index (κ1) is 26.2. The maximum Gasteiger partial charge on any atom is 0.257 e. The molecule has 9 heteroatoms. The molecule has 8 nitrogen and oxygen atoms in total. The van der Waals surface area contributed by atoms with Gasteiger partial charge < -0.3 is 24.6 Å². The molecule has 0 unspecified atom stereocenters. The number of ether oxygens (including phenoxy) is 2. The Morgan fingerprint density at radius 1 is 1.11 bits per heavy atom. The lowest BCUT2D eigenvalue weighted by Crippen LogP contribution is -2.48. The molecule has 0 saturated heterocycles. The second-order valence-corrected chi connectivity index (χ2v) is 8.94. The van der Waals surface area contributed by atoms with Gasteiger partial charge in [0.15, 0.2) is 0 Å². The summed E-state index contributed by atoms with van der Waals surface area (Å²) in [6, 6.07) is 9.76. The molecule has 0 aliphatic carbocycles. The van der Waals surface area contributed by atoms with Crippen LogP contribution in [0.5, 0.6) is 5.75 Å². The van der Waals surface area contributed by atoms with Gasteiger partial charge in [0, 0.05) is 51.3 Å². The molecule has 1 aliphatic heterocycles. The Morgan fingerprint density at radius 2 is 1.80 bits per heavy atom. The van der Waals surface area contributed by atoms with Crippen LogP contribution in [0.25, 0.3) is 0 Å². The molecule has 1 heterocycles. The SMILES string of the molecule is CO[C@@H]1CN(C)C(=O)c2cc(NC(=O)c3ccc(F)cc3)ccc2OC[C@@H](C)N(C(C)=O)C[C@@H]1C. The molecular formula is C26H32FN3O5. The van der Waals surface area contributed by atoms with E-state index in [1.54, 1.807) is 42.2 Å². The van der Waals surface area contributed by atoms with Crippen molar-refractivity contribution in [3.05, 3.63) is 59.4 Å². The molecule has 1 aliphatic rings. The smallest absolute Gasteiger partial charge is 0.257 e. The molecular weight excluding hydrogens is 453 g/mol. The first-order valence-electron chi connectivity index (χ1n) is 11.5. The number of carbonyl (C=O) groups is 3. The highest BCUT2D eigenvalue weighted by Crippen LogP contribution is 2.27. The van der Waals surface area contributed by atoms with Crippen molar-refractivity contribution in [2.24, 2.45) is 5.92 Å². The average molecular weight is 486 g/mol. The number of carbonyl (C=O) groups excluding carboxylic acids is 3. The number of hydrogen-bond acceptors (Lipinski definition) is 5. The van der Waals surface area contributed by atoms with Gasteiger partial charge in [-0.15, -0.1) is 0 Å². The van der Waals surface area contributed by atoms with Crippen LogP contribution in [-0.2, 0) is 9.53 Å². The van der Waals surface area contributed by atoms with Gasteiger partial charge in [-0.05, 0) is 49.4 Å². The summed E-state index contributed by atoms with van der Waals surface area (Å²) in [5, 5.41) is 2.74. The molecule has 2 aromatic rings. The van der Waals surface area contributed by atoms with E-state index in [-0.39, 0.29) is 47.6 Å². The Labute approximate surface area is 205 Å². The van der Waals surface area contributed by atoms with Crippen molar-refractivity contribution in [3.8, 4) is 5.75 Å². The molecule has 1 N–H and O–H groups in total. The van der Waals surface area contributed by atoms with Gasteiger partial charge in [0.25, 0.3) is 11.8 Å². The number of hydrogen-bond donors (Lipinski definition) is 1. The Kier molecular flexibility index (Phi) is 8.45. The molecule has 0 saturated carbocycles. The van der Waals surface area contributed by atoms with Crippen molar-refractivity contribution < 1.29 is 28.2 Å². The molecule has 0 spiro atoms. The lowest BCUT2D eigenvalue weighted by molar-refractivity contribution is -0.133. The van der Waals surface area contributed by atoms with Crippen LogP contribution in [0.1, 0.15) is 41.5 Å². The van der Waals surface area contributed by atoms with E-state index in [1.165, 1.54) is 31.2 Å². The topological polar surface area (TPSA) is 88.2 Å². The number of nitrogens with one attached hydrogen (secondary N) is 1. The van der Waals surface area contributed by atoms with Crippen molar-refractivity contribution in [1.82, 2.24) is 9.80 Å². The minimum Gasteiger partial charge on any atom is -0.491 e. The summed E-state index contributed by atoms with van der Waals surface area (Å²) < 4.78 is 24.8. The minimum atomic E-state index is -0.437. The predicted molar refractivity (Wildman–Crippen MR) is 130 cm³/mol. The number of halogens is 1. The molecule has 0 fully saturated rings. The molecule has 35 heavy (non-hydrogen) atoms. The summed E-state index contributed by atoms with van der Waals surface area (Å²) in [6.45, 7) is 6.38. The number of methoxy groups -OCH3 is 1. The van der Waals surface area contributed by atoms with Crippen LogP contribution in [0, 0.1) is 11.7 Å². The third-order valence-electron chi connectivity index (χ3n) is 6.21. The number of fused-ring (bicyclic) bond motifs is 1. The summed E-state index contributed by atoms with van der Waals surface area (Å²) in [5.74, 6) is -0.902. The standard InChI is InChI=1S/C26H32FN3O5/c1-16-13-30(18(3)31)17(2)15-35-23-11-10-21(28-25(32)19-6-8-20(27)9-7-19)12-22(23)26(33)29(4)14-24(16)34-5/h6-12,16-17,24H,13-15H2,1-5H3,(H,28,32)/t16-,17+,24+/m0/s1. The number of benzene rings is 2. The zero-order valence-corrected chi connectivity index (χ0v) is 20.7. The van der Waals surface area contributed by atoms with Gasteiger partial charge in [-0.25, -0.2) is 4.39 Å². The van der Waals surface area contributed by atoms with Gasteiger partial charge in [0.2, 0.25) is 5.91 Å². The van der Waals surface area contributed by atoms with Crippen molar-refractivity contribution in [1.29, 1.82) is 0 Å². The number of likely N-dealkylation sites (N-methyl/N-ethyl adjacent to an activating group) is 1. The highest BCUT2D eigenvalue weighted by molar-refractivity contribution is 6.05. The number of nitrogens with zero attached hydrogens (tertiary/aromatic N) is 2. The van der Waals surface area contributed by atoms with Crippen molar-refractivity contribution in [2.45, 2.75) is 32.9 Å². The van der Waals surface area contributed by atoms with Crippen molar-refractivity contribution in [2.75, 3.05) is 39.2 Å². The van der Waals surface area contributed by atoms with Crippen LogP contribution >= 0.6 is 0 Å². The van der Waals surface area contributed by atoms with Crippen LogP contribution in [0.2, 0.25) is 0 Å². The van der Waals surface area contributed by atoms with Crippen LogP contribution < -0.4 is 10.1 Å². The van der Waals surface area contributed by atoms with Crippen LogP contribution in [0.4, 0.5) is 10.1 Å². The van der Waals surface area contributed by atoms with E-state index in [0.717, 1.165) is 0 Å². The van der Waals surface area contributed by atoms with E-state index in [4.69, 9.17) is 9.47 Å². The van der Waals surface area contributed by atoms with E-state index in [9.17, 15) is 18.8 Å². The molecule has 188 valence electrons. The Hall–Kier alpha value is -3.46. The number of rotatable bonds is 3. The third-order valence-corrected chi connectivity index (χ3v) is 6.21. The fourth-order valence-electron chi connectivity index (χ4n) is 4.10. The molecule has 3 rings (SSSR count). The monoisotopic (exact) mass is 485 g/mol. The highest BCUT2D eigenvalue weighted by Gasteiger charge is 2.29. The van der Waals surface area contributed by atoms with Gasteiger partial charge in [-0.3, -0.25) is 14.4 Å². The average Bonchev–Trinajstić information content (AvgIpc) is 2.83. The Morgan fingerprint density at radius 3 is 2.43 bits per heavy atom. The zero-order chi connectivity index (χ0) is 25.7. The van der Waals surface area contributed by atoms with E-state index in [0.29, 0.717) is 24.5 Å². The summed E-state index contributed by atoms with van der Waals surface area (Å²) in [4.78, 5) is 41.6. The number of anilines is 1. The predicted octanol–water partition coefficient (Wildman–Crippen LogP) is 3.43. The van der Waals surface area contributed by atoms with Gasteiger partial charge >= 0.3 is 0 Å². The lowest BCUT2D eigenvalue weighted by Gasteiger charge is -2.35. The van der Waals surface area contributed by atoms with Crippen molar-refractivity contribution >= 4 is 23.4 Å². The molecule has 0 aromatic heterocycles. The van der Waals surface area contributed by atoms with Crippen LogP contribution in [0.15, 0.2) is 42.5 Å². The zero-order valence-electron chi connectivity index (χ0n) is 20.7. The molecule has 3 amide bonds. The van der Waals surface area contributed by atoms with Gasteiger partial charge in [0.05, 0.1) is 17.7 Å². The van der Waals surface area contributed by atoms with Crippen LogP contribution in [-0.4, -0.2) is 73.5 Å². The second kappa shape index (κ2) is 11.3. The van der Waals surface area contributed by atoms with Gasteiger partial charge in [-0.2, -0.15) is 0 Å². The largest absolute Gasteiger partial charge is 0.491 e. The maximum absolute atomic E-state index is 13.4. The first-order valence-corrected chi connectivity index (χ1v) is 11.5. The molecule has 3 atom stereocenters. The second-order valence-electron chi connectivity index (χ2n) is 8.94. The summed E-state index contributed by atoms with van der Waals surface area (Å²) >= 11 is 0.